The Kier molecular flexibility index (Phi) is 7.77. The second-order valence-corrected chi connectivity index (χ2v) is 8.44. The Bertz CT molecular complexity index is 1340. The molecule has 0 fully saturated rings. The first kappa shape index (κ1) is 24.4. The number of hydrogen-bond acceptors (Lipinski definition) is 6. The Morgan fingerprint density at radius 3 is 2.80 bits per heavy atom. The minimum atomic E-state index is -1.15. The zero-order valence-electron chi connectivity index (χ0n) is 19.8. The van der Waals surface area contributed by atoms with Gasteiger partial charge in [0.15, 0.2) is 24.0 Å². The topological polar surface area (TPSA) is 115 Å². The number of halogens is 1. The van der Waals surface area contributed by atoms with E-state index in [1.54, 1.807) is 12.1 Å². The van der Waals surface area contributed by atoms with E-state index in [2.05, 4.69) is 21.8 Å². The lowest BCUT2D eigenvalue weighted by Gasteiger charge is -2.12. The summed E-state index contributed by atoms with van der Waals surface area (Å²) in [6.07, 6.45) is 3.77. The van der Waals surface area contributed by atoms with Crippen LogP contribution in [0.2, 0.25) is 0 Å². The maximum atomic E-state index is 14.6. The minimum Gasteiger partial charge on any atom is -0.479 e. The summed E-state index contributed by atoms with van der Waals surface area (Å²) in [6.45, 7) is 3.28. The summed E-state index contributed by atoms with van der Waals surface area (Å²) in [6, 6.07) is 12.7. The summed E-state index contributed by atoms with van der Waals surface area (Å²) < 4.78 is 21.9. The van der Waals surface area contributed by atoms with Crippen LogP contribution in [-0.4, -0.2) is 38.8 Å². The number of aliphatic carboxylic acids is 1. The van der Waals surface area contributed by atoms with Gasteiger partial charge in [-0.1, -0.05) is 43.7 Å². The molecule has 2 aromatic carbocycles. The highest BCUT2D eigenvalue weighted by atomic mass is 19.1. The standard InChI is InChI=1S/C26H30FN5O3/c1-2-3-12-21-31-24-25(18-9-4-5-10-19(18)30-26(24)28)32(21)14-7-13-29-15-17-8-6-11-20(23(17)27)35-16-22(33)34/h4-6,8-11,29H,2-3,7,12-16H2,1H3,(H2,28,30)(H,33,34). The predicted molar refractivity (Wildman–Crippen MR) is 134 cm³/mol. The van der Waals surface area contributed by atoms with Crippen LogP contribution in [-0.2, 0) is 24.3 Å². The summed E-state index contributed by atoms with van der Waals surface area (Å²) in [4.78, 5) is 20.1. The molecule has 0 aliphatic heterocycles. The number of carboxylic acids is 1. The number of nitrogen functional groups attached to an aromatic ring is 1. The molecule has 184 valence electrons. The van der Waals surface area contributed by atoms with Gasteiger partial charge in [0, 0.05) is 30.5 Å². The number of aryl methyl sites for hydroxylation is 2. The van der Waals surface area contributed by atoms with Crippen molar-refractivity contribution in [3.63, 3.8) is 0 Å². The van der Waals surface area contributed by atoms with E-state index in [0.29, 0.717) is 24.5 Å². The molecule has 0 amide bonds. The molecule has 35 heavy (non-hydrogen) atoms. The quantitative estimate of drug-likeness (QED) is 0.260. The molecule has 0 atom stereocenters. The van der Waals surface area contributed by atoms with Crippen molar-refractivity contribution in [2.45, 2.75) is 45.7 Å². The number of unbranched alkanes of at least 4 members (excludes halogenated alkanes) is 1. The fraction of sp³-hybridized carbons (Fsp3) is 0.346. The number of ether oxygens (including phenoxy) is 1. The second-order valence-electron chi connectivity index (χ2n) is 8.44. The lowest BCUT2D eigenvalue weighted by Crippen LogP contribution is -2.18. The van der Waals surface area contributed by atoms with E-state index in [4.69, 9.17) is 20.6 Å². The number of para-hydroxylation sites is 1. The van der Waals surface area contributed by atoms with Crippen molar-refractivity contribution in [3.8, 4) is 5.75 Å². The first-order chi connectivity index (χ1) is 17.0. The van der Waals surface area contributed by atoms with E-state index in [9.17, 15) is 9.18 Å². The molecule has 2 aromatic heterocycles. The molecule has 2 heterocycles. The summed E-state index contributed by atoms with van der Waals surface area (Å²) in [5.41, 5.74) is 9.28. The van der Waals surface area contributed by atoms with E-state index in [0.717, 1.165) is 60.0 Å². The van der Waals surface area contributed by atoms with Gasteiger partial charge in [-0.25, -0.2) is 19.2 Å². The SMILES string of the molecule is CCCCc1nc2c(N)nc3ccccc3c2n1CCCNCc1cccc(OCC(=O)O)c1F. The van der Waals surface area contributed by atoms with Gasteiger partial charge in [0.05, 0.1) is 11.0 Å². The van der Waals surface area contributed by atoms with Crippen molar-refractivity contribution < 1.29 is 19.0 Å². The number of carboxylic acid groups (broad SMARTS) is 1. The van der Waals surface area contributed by atoms with Crippen LogP contribution in [0.4, 0.5) is 10.2 Å². The molecule has 0 bridgehead atoms. The minimum absolute atomic E-state index is 0.0600. The summed E-state index contributed by atoms with van der Waals surface area (Å²) in [7, 11) is 0. The fourth-order valence-electron chi connectivity index (χ4n) is 4.20. The van der Waals surface area contributed by atoms with Crippen LogP contribution in [0.3, 0.4) is 0 Å². The predicted octanol–water partition coefficient (Wildman–Crippen LogP) is 4.29. The first-order valence-corrected chi connectivity index (χ1v) is 11.9. The van der Waals surface area contributed by atoms with Crippen LogP contribution < -0.4 is 15.8 Å². The Labute approximate surface area is 202 Å². The highest BCUT2D eigenvalue weighted by Gasteiger charge is 2.17. The van der Waals surface area contributed by atoms with Gasteiger partial charge in [-0.15, -0.1) is 0 Å². The number of hydrogen-bond donors (Lipinski definition) is 3. The number of fused-ring (bicyclic) bond motifs is 3. The Morgan fingerprint density at radius 2 is 2.00 bits per heavy atom. The van der Waals surface area contributed by atoms with Gasteiger partial charge in [0.1, 0.15) is 11.3 Å². The van der Waals surface area contributed by atoms with Crippen molar-refractivity contribution in [1.29, 1.82) is 0 Å². The molecule has 0 saturated heterocycles. The van der Waals surface area contributed by atoms with Crippen molar-refractivity contribution in [1.82, 2.24) is 19.9 Å². The molecular weight excluding hydrogens is 449 g/mol. The van der Waals surface area contributed by atoms with Crippen molar-refractivity contribution >= 4 is 33.7 Å². The normalized spacial score (nSPS) is 11.4. The van der Waals surface area contributed by atoms with Gasteiger partial charge in [-0.3, -0.25) is 0 Å². The monoisotopic (exact) mass is 479 g/mol. The molecule has 0 saturated carbocycles. The first-order valence-electron chi connectivity index (χ1n) is 11.9. The second kappa shape index (κ2) is 11.1. The molecule has 0 aliphatic rings. The molecule has 4 rings (SSSR count). The number of aromatic nitrogens is 3. The number of nitrogens with zero attached hydrogens (tertiary/aromatic N) is 3. The maximum Gasteiger partial charge on any atom is 0.341 e. The van der Waals surface area contributed by atoms with E-state index in [1.807, 2.05) is 24.3 Å². The van der Waals surface area contributed by atoms with Crippen molar-refractivity contribution in [2.24, 2.45) is 0 Å². The lowest BCUT2D eigenvalue weighted by atomic mass is 10.2. The van der Waals surface area contributed by atoms with Gasteiger partial charge in [0.25, 0.3) is 0 Å². The molecular formula is C26H30FN5O3. The largest absolute Gasteiger partial charge is 0.479 e. The van der Waals surface area contributed by atoms with Crippen LogP contribution in [0.25, 0.3) is 21.9 Å². The van der Waals surface area contributed by atoms with Gasteiger partial charge in [-0.05, 0) is 31.5 Å². The van der Waals surface area contributed by atoms with Crippen LogP contribution in [0.15, 0.2) is 42.5 Å². The van der Waals surface area contributed by atoms with E-state index < -0.39 is 18.4 Å². The molecule has 0 aliphatic carbocycles. The maximum absolute atomic E-state index is 14.6. The fourth-order valence-corrected chi connectivity index (χ4v) is 4.20. The molecule has 9 heteroatoms. The molecule has 4 N–H and O–H groups in total. The smallest absolute Gasteiger partial charge is 0.341 e. The molecule has 4 aromatic rings. The lowest BCUT2D eigenvalue weighted by molar-refractivity contribution is -0.139. The van der Waals surface area contributed by atoms with Crippen LogP contribution in [0.5, 0.6) is 5.75 Å². The molecule has 0 radical (unpaired) electrons. The van der Waals surface area contributed by atoms with Crippen LogP contribution in [0, 0.1) is 5.82 Å². The summed E-state index contributed by atoms with van der Waals surface area (Å²) >= 11 is 0. The molecule has 0 unspecified atom stereocenters. The number of anilines is 1. The number of nitrogens with two attached hydrogens (primary N) is 1. The third kappa shape index (κ3) is 5.51. The summed E-state index contributed by atoms with van der Waals surface area (Å²) in [5, 5.41) is 13.0. The summed E-state index contributed by atoms with van der Waals surface area (Å²) in [5.74, 6) is -0.313. The number of pyridine rings is 1. The van der Waals surface area contributed by atoms with Crippen molar-refractivity contribution in [2.75, 3.05) is 18.9 Å². The van der Waals surface area contributed by atoms with Crippen LogP contribution in [0.1, 0.15) is 37.6 Å². The Morgan fingerprint density at radius 1 is 1.17 bits per heavy atom. The zero-order valence-corrected chi connectivity index (χ0v) is 19.8. The van der Waals surface area contributed by atoms with Crippen LogP contribution >= 0.6 is 0 Å². The highest BCUT2D eigenvalue weighted by Crippen LogP contribution is 2.29. The number of rotatable bonds is 12. The van der Waals surface area contributed by atoms with E-state index >= 15 is 0 Å². The molecule has 0 spiro atoms. The van der Waals surface area contributed by atoms with Gasteiger partial charge < -0.3 is 25.5 Å². The number of imidazole rings is 1. The average molecular weight is 480 g/mol. The third-order valence-electron chi connectivity index (χ3n) is 5.89. The highest BCUT2D eigenvalue weighted by molar-refractivity contribution is 6.06. The van der Waals surface area contributed by atoms with E-state index in [-0.39, 0.29) is 5.75 Å². The molecule has 8 nitrogen and oxygen atoms in total. The Balaban J connectivity index is 1.47. The Hall–Kier alpha value is -3.72. The van der Waals surface area contributed by atoms with Gasteiger partial charge in [0.2, 0.25) is 0 Å². The number of nitrogens with one attached hydrogen (secondary N) is 1. The van der Waals surface area contributed by atoms with Gasteiger partial charge >= 0.3 is 5.97 Å². The third-order valence-corrected chi connectivity index (χ3v) is 5.89. The number of carbonyl (C=O) groups is 1. The van der Waals surface area contributed by atoms with Crippen molar-refractivity contribution in [3.05, 3.63) is 59.7 Å². The van der Waals surface area contributed by atoms with Gasteiger partial charge in [-0.2, -0.15) is 0 Å². The zero-order chi connectivity index (χ0) is 24.8. The average Bonchev–Trinajstić information content (AvgIpc) is 3.22. The number of benzene rings is 2. The van der Waals surface area contributed by atoms with E-state index in [1.165, 1.54) is 6.07 Å².